The molecule has 112 valence electrons. The van der Waals surface area contributed by atoms with Crippen LogP contribution in [0.3, 0.4) is 0 Å². The molecule has 0 aromatic carbocycles. The molecule has 21 heavy (non-hydrogen) atoms. The van der Waals surface area contributed by atoms with E-state index in [1.54, 1.807) is 12.2 Å². The van der Waals surface area contributed by atoms with E-state index in [-0.39, 0.29) is 23.9 Å². The average molecular weight is 292 g/mol. The molecule has 0 aromatic heterocycles. The predicted octanol–water partition coefficient (Wildman–Crippen LogP) is 0.376. The minimum atomic E-state index is -0.629. The van der Waals surface area contributed by atoms with Crippen LogP contribution in [0.25, 0.3) is 0 Å². The summed E-state index contributed by atoms with van der Waals surface area (Å²) in [5.41, 5.74) is -0.322. The number of esters is 2. The van der Waals surface area contributed by atoms with Crippen molar-refractivity contribution in [2.24, 2.45) is 0 Å². The Labute approximate surface area is 122 Å². The smallest absolute Gasteiger partial charge is 0.338 e. The van der Waals surface area contributed by atoms with Crippen LogP contribution in [0.15, 0.2) is 23.3 Å². The molecule has 0 bridgehead atoms. The molecule has 1 aliphatic heterocycles. The Bertz CT molecular complexity index is 553. The van der Waals surface area contributed by atoms with Gasteiger partial charge in [0.15, 0.2) is 0 Å². The Morgan fingerprint density at radius 1 is 1.33 bits per heavy atom. The van der Waals surface area contributed by atoms with E-state index < -0.39 is 17.5 Å². The number of epoxide rings is 1. The largest absolute Gasteiger partial charge is 0.465 e. The highest BCUT2D eigenvalue weighted by Crippen LogP contribution is 2.47. The molecule has 1 heterocycles. The second-order valence-corrected chi connectivity index (χ2v) is 4.62. The number of ether oxygens (including phenoxy) is 4. The van der Waals surface area contributed by atoms with Crippen LogP contribution in [0.4, 0.5) is 0 Å². The first kappa shape index (κ1) is 15.3. The number of hydrogen-bond donors (Lipinski definition) is 0. The quantitative estimate of drug-likeness (QED) is 0.305. The maximum Gasteiger partial charge on any atom is 0.338 e. The number of rotatable bonds is 6. The molecule has 2 rings (SSSR count). The monoisotopic (exact) mass is 292 g/mol. The van der Waals surface area contributed by atoms with Crippen molar-refractivity contribution in [2.75, 3.05) is 27.4 Å². The zero-order valence-corrected chi connectivity index (χ0v) is 11.9. The molecule has 0 aromatic rings. The molecule has 1 saturated heterocycles. The van der Waals surface area contributed by atoms with Crippen molar-refractivity contribution < 1.29 is 28.5 Å². The van der Waals surface area contributed by atoms with Crippen LogP contribution >= 0.6 is 0 Å². The van der Waals surface area contributed by atoms with Crippen molar-refractivity contribution >= 4 is 11.9 Å². The van der Waals surface area contributed by atoms with Gasteiger partial charge in [0.1, 0.15) is 18.3 Å². The van der Waals surface area contributed by atoms with E-state index in [1.807, 2.05) is 0 Å². The molecule has 6 heteroatoms. The van der Waals surface area contributed by atoms with Crippen LogP contribution in [0, 0.1) is 12.3 Å². The van der Waals surface area contributed by atoms with Crippen LogP contribution < -0.4 is 0 Å². The lowest BCUT2D eigenvalue weighted by Gasteiger charge is -2.16. The number of terminal acetylenes is 1. The van der Waals surface area contributed by atoms with Gasteiger partial charge >= 0.3 is 11.9 Å². The van der Waals surface area contributed by atoms with Gasteiger partial charge in [-0.15, -0.1) is 6.42 Å². The summed E-state index contributed by atoms with van der Waals surface area (Å²) in [5, 5.41) is 0. The second-order valence-electron chi connectivity index (χ2n) is 4.62. The molecule has 2 unspecified atom stereocenters. The molecule has 1 fully saturated rings. The number of carbonyl (C=O) groups excluding carboxylic acids is 2. The molecule has 2 atom stereocenters. The Morgan fingerprint density at radius 3 is 2.62 bits per heavy atom. The Hall–Kier alpha value is -2.10. The molecule has 0 amide bonds. The van der Waals surface area contributed by atoms with Gasteiger partial charge in [-0.1, -0.05) is 5.92 Å². The topological polar surface area (TPSA) is 74.4 Å². The van der Waals surface area contributed by atoms with Crippen LogP contribution in [0.1, 0.15) is 6.42 Å². The summed E-state index contributed by atoms with van der Waals surface area (Å²) in [7, 11) is 2.50. The first-order valence-electron chi connectivity index (χ1n) is 6.38. The van der Waals surface area contributed by atoms with Crippen molar-refractivity contribution in [3.63, 3.8) is 0 Å². The lowest BCUT2D eigenvalue weighted by Crippen LogP contribution is -2.25. The van der Waals surface area contributed by atoms with Gasteiger partial charge in [-0.05, 0) is 12.2 Å². The van der Waals surface area contributed by atoms with E-state index in [0.717, 1.165) is 0 Å². The SMILES string of the molecule is C#CCOCCC12C=C(C(=O)OC)C(C(=O)OC)=CC1O2. The van der Waals surface area contributed by atoms with E-state index in [2.05, 4.69) is 10.7 Å². The third kappa shape index (κ3) is 2.99. The zero-order chi connectivity index (χ0) is 15.5. The van der Waals surface area contributed by atoms with Crippen LogP contribution in [0.2, 0.25) is 0 Å². The van der Waals surface area contributed by atoms with Gasteiger partial charge in [0.25, 0.3) is 0 Å². The molecule has 0 N–H and O–H groups in total. The lowest BCUT2D eigenvalue weighted by molar-refractivity contribution is -0.139. The maximum absolute atomic E-state index is 11.8. The lowest BCUT2D eigenvalue weighted by atomic mass is 9.88. The third-order valence-electron chi connectivity index (χ3n) is 3.40. The van der Waals surface area contributed by atoms with Crippen molar-refractivity contribution in [1.29, 1.82) is 0 Å². The number of carbonyl (C=O) groups is 2. The van der Waals surface area contributed by atoms with Gasteiger partial charge in [0, 0.05) is 6.42 Å². The molecule has 0 saturated carbocycles. The second kappa shape index (κ2) is 6.12. The van der Waals surface area contributed by atoms with Gasteiger partial charge < -0.3 is 18.9 Å². The molecule has 6 nitrogen and oxygen atoms in total. The highest BCUT2D eigenvalue weighted by molar-refractivity contribution is 6.07. The third-order valence-corrected chi connectivity index (χ3v) is 3.40. The van der Waals surface area contributed by atoms with Gasteiger partial charge in [0.05, 0.1) is 32.0 Å². The normalized spacial score (nSPS) is 25.9. The molecule has 1 aliphatic carbocycles. The molecule has 0 radical (unpaired) electrons. The first-order chi connectivity index (χ1) is 10.1. The fourth-order valence-electron chi connectivity index (χ4n) is 2.26. The average Bonchev–Trinajstić information content (AvgIpc) is 3.22. The molecular formula is C15H16O6. The highest BCUT2D eigenvalue weighted by atomic mass is 16.6. The van der Waals surface area contributed by atoms with Crippen molar-refractivity contribution in [1.82, 2.24) is 0 Å². The summed E-state index contributed by atoms with van der Waals surface area (Å²) in [6, 6.07) is 0. The van der Waals surface area contributed by atoms with Crippen molar-refractivity contribution in [3.8, 4) is 12.3 Å². The summed E-state index contributed by atoms with van der Waals surface area (Å²) in [6.45, 7) is 0.616. The summed E-state index contributed by atoms with van der Waals surface area (Å²) < 4.78 is 20.2. The number of hydrogen-bond acceptors (Lipinski definition) is 6. The maximum atomic E-state index is 11.8. The highest BCUT2D eigenvalue weighted by Gasteiger charge is 2.56. The van der Waals surface area contributed by atoms with E-state index in [9.17, 15) is 9.59 Å². The predicted molar refractivity (Wildman–Crippen MR) is 72.1 cm³/mol. The molecule has 0 spiro atoms. The standard InChI is InChI=1S/C15H16O6/c1-4-6-20-7-5-15-9-11(14(17)19-3)10(13(16)18-2)8-12(15)21-15/h1,8-9,12H,5-7H2,2-3H3. The van der Waals surface area contributed by atoms with Crippen LogP contribution in [-0.4, -0.2) is 51.1 Å². The van der Waals surface area contributed by atoms with Crippen molar-refractivity contribution in [3.05, 3.63) is 23.3 Å². The van der Waals surface area contributed by atoms with E-state index in [1.165, 1.54) is 14.2 Å². The van der Waals surface area contributed by atoms with Gasteiger partial charge in [-0.2, -0.15) is 0 Å². The van der Waals surface area contributed by atoms with E-state index >= 15 is 0 Å². The Morgan fingerprint density at radius 2 is 2.00 bits per heavy atom. The zero-order valence-electron chi connectivity index (χ0n) is 11.9. The van der Waals surface area contributed by atoms with Crippen molar-refractivity contribution in [2.45, 2.75) is 18.1 Å². The summed E-state index contributed by atoms with van der Waals surface area (Å²) in [6.07, 6.45) is 8.55. The fourth-order valence-corrected chi connectivity index (χ4v) is 2.26. The number of fused-ring (bicyclic) bond motifs is 1. The van der Waals surface area contributed by atoms with E-state index in [0.29, 0.717) is 13.0 Å². The van der Waals surface area contributed by atoms with Crippen LogP contribution in [-0.2, 0) is 28.5 Å². The van der Waals surface area contributed by atoms with Gasteiger partial charge in [-0.25, -0.2) is 9.59 Å². The van der Waals surface area contributed by atoms with Gasteiger partial charge in [-0.3, -0.25) is 0 Å². The molecular weight excluding hydrogens is 276 g/mol. The summed E-state index contributed by atoms with van der Waals surface area (Å²) in [5.74, 6) is 1.17. The minimum absolute atomic E-state index is 0.148. The fraction of sp³-hybridized carbons (Fsp3) is 0.467. The molecule has 2 aliphatic rings. The minimum Gasteiger partial charge on any atom is -0.465 e. The van der Waals surface area contributed by atoms with E-state index in [4.69, 9.17) is 20.6 Å². The Balaban J connectivity index is 2.15. The summed E-state index contributed by atoms with van der Waals surface area (Å²) in [4.78, 5) is 23.6. The number of methoxy groups -OCH3 is 2. The first-order valence-corrected chi connectivity index (χ1v) is 6.38. The Kier molecular flexibility index (Phi) is 4.46. The summed E-state index contributed by atoms with van der Waals surface area (Å²) >= 11 is 0. The van der Waals surface area contributed by atoms with Gasteiger partial charge in [0.2, 0.25) is 0 Å². The van der Waals surface area contributed by atoms with Crippen LogP contribution in [0.5, 0.6) is 0 Å².